The van der Waals surface area contributed by atoms with Gasteiger partial charge in [-0.05, 0) is 17.7 Å². The molecule has 0 saturated carbocycles. The highest BCUT2D eigenvalue weighted by molar-refractivity contribution is 5.87. The zero-order valence-corrected chi connectivity index (χ0v) is 15.0. The van der Waals surface area contributed by atoms with Crippen LogP contribution in [0, 0.1) is 0 Å². The third-order valence-corrected chi connectivity index (χ3v) is 4.40. The van der Waals surface area contributed by atoms with Crippen molar-refractivity contribution in [2.24, 2.45) is 7.05 Å². The Morgan fingerprint density at radius 2 is 2.00 bits per heavy atom. The lowest BCUT2D eigenvalue weighted by atomic mass is 10.1. The van der Waals surface area contributed by atoms with E-state index in [0.29, 0.717) is 19.0 Å². The molecule has 0 spiro atoms. The lowest BCUT2D eigenvalue weighted by Gasteiger charge is -2.20. The van der Waals surface area contributed by atoms with Gasteiger partial charge in [-0.3, -0.25) is 9.67 Å². The molecule has 0 aliphatic carbocycles. The molecule has 0 amide bonds. The molecule has 0 aliphatic heterocycles. The number of fused-ring (bicyclic) bond motifs is 2. The van der Waals surface area contributed by atoms with Crippen molar-refractivity contribution in [2.75, 3.05) is 19.1 Å². The first-order valence-electron chi connectivity index (χ1n) is 8.38. The second-order valence-electron chi connectivity index (χ2n) is 6.25. The van der Waals surface area contributed by atoms with Crippen molar-refractivity contribution in [3.63, 3.8) is 0 Å². The largest absolute Gasteiger partial charge is 0.377 e. The smallest absolute Gasteiger partial charge is 0.163 e. The van der Waals surface area contributed by atoms with E-state index in [1.807, 2.05) is 44.7 Å². The number of hydrogen-bond acceptors (Lipinski definition) is 6. The minimum absolute atomic E-state index is 0.361. The van der Waals surface area contributed by atoms with E-state index < -0.39 is 0 Å². The normalized spacial score (nSPS) is 11.3. The summed E-state index contributed by atoms with van der Waals surface area (Å²) in [7, 11) is 5.55. The summed E-state index contributed by atoms with van der Waals surface area (Å²) < 4.78 is 6.98. The van der Waals surface area contributed by atoms with Gasteiger partial charge in [0.1, 0.15) is 12.4 Å². The number of anilines is 1. The van der Waals surface area contributed by atoms with Crippen LogP contribution >= 0.6 is 0 Å². The van der Waals surface area contributed by atoms with Gasteiger partial charge in [0.05, 0.1) is 17.1 Å². The molecule has 132 valence electrons. The number of aromatic nitrogens is 5. The Morgan fingerprint density at radius 3 is 2.85 bits per heavy atom. The topological polar surface area (TPSA) is 69.0 Å². The van der Waals surface area contributed by atoms with Gasteiger partial charge in [-0.15, -0.1) is 0 Å². The van der Waals surface area contributed by atoms with Gasteiger partial charge in [-0.2, -0.15) is 5.10 Å². The highest BCUT2D eigenvalue weighted by Crippen LogP contribution is 2.26. The number of benzene rings is 1. The zero-order chi connectivity index (χ0) is 18.1. The molecule has 26 heavy (non-hydrogen) atoms. The van der Waals surface area contributed by atoms with Gasteiger partial charge in [0.25, 0.3) is 0 Å². The maximum absolute atomic E-state index is 5.22. The Labute approximate surface area is 151 Å². The molecule has 3 heterocycles. The molecule has 0 N–H and O–H groups in total. The number of pyridine rings is 1. The van der Waals surface area contributed by atoms with E-state index in [4.69, 9.17) is 9.72 Å². The van der Waals surface area contributed by atoms with Crippen LogP contribution < -0.4 is 4.90 Å². The summed E-state index contributed by atoms with van der Waals surface area (Å²) in [6.45, 7) is 1.07. The molecule has 4 rings (SSSR count). The maximum atomic E-state index is 5.22. The summed E-state index contributed by atoms with van der Waals surface area (Å²) in [6, 6.07) is 10.3. The summed E-state index contributed by atoms with van der Waals surface area (Å²) >= 11 is 0. The molecule has 0 unspecified atom stereocenters. The number of rotatable bonds is 5. The molecular weight excluding hydrogens is 328 g/mol. The molecular formula is C19H20N6O. The van der Waals surface area contributed by atoms with Crippen LogP contribution in [0.5, 0.6) is 0 Å². The Hall–Kier alpha value is -3.06. The standard InChI is InChI=1S/C19H20N6O/c1-24(11-13-6-4-8-16-14(13)7-5-9-20-16)18-15-10-21-25(2)19(15)23-17(22-18)12-26-3/h4-10H,11-12H2,1-3H3. The molecule has 0 atom stereocenters. The van der Waals surface area contributed by atoms with E-state index in [1.54, 1.807) is 11.8 Å². The third kappa shape index (κ3) is 2.86. The molecule has 0 fully saturated rings. The van der Waals surface area contributed by atoms with Gasteiger partial charge in [0.2, 0.25) is 0 Å². The fourth-order valence-corrected chi connectivity index (χ4v) is 3.17. The van der Waals surface area contributed by atoms with Crippen LogP contribution in [0.25, 0.3) is 21.9 Å². The molecule has 7 nitrogen and oxygen atoms in total. The molecule has 0 radical (unpaired) electrons. The molecule has 7 heteroatoms. The van der Waals surface area contributed by atoms with Crippen molar-refractivity contribution in [2.45, 2.75) is 13.2 Å². The van der Waals surface area contributed by atoms with E-state index in [2.05, 4.69) is 32.1 Å². The molecule has 3 aromatic heterocycles. The second-order valence-corrected chi connectivity index (χ2v) is 6.25. The van der Waals surface area contributed by atoms with Crippen LogP contribution in [0.3, 0.4) is 0 Å². The summed E-state index contributed by atoms with van der Waals surface area (Å²) in [4.78, 5) is 15.8. The van der Waals surface area contributed by atoms with E-state index in [-0.39, 0.29) is 0 Å². The Kier molecular flexibility index (Phi) is 4.22. The van der Waals surface area contributed by atoms with Crippen LogP contribution in [-0.4, -0.2) is 38.9 Å². The predicted molar refractivity (Wildman–Crippen MR) is 101 cm³/mol. The quantitative estimate of drug-likeness (QED) is 0.552. The van der Waals surface area contributed by atoms with Gasteiger partial charge in [0, 0.05) is 39.3 Å². The van der Waals surface area contributed by atoms with Crippen molar-refractivity contribution < 1.29 is 4.74 Å². The van der Waals surface area contributed by atoms with Crippen molar-refractivity contribution in [3.8, 4) is 0 Å². The minimum Gasteiger partial charge on any atom is -0.377 e. The molecule has 1 aromatic carbocycles. The highest BCUT2D eigenvalue weighted by atomic mass is 16.5. The van der Waals surface area contributed by atoms with Gasteiger partial charge >= 0.3 is 0 Å². The van der Waals surface area contributed by atoms with E-state index in [9.17, 15) is 0 Å². The van der Waals surface area contributed by atoms with Gasteiger partial charge in [0.15, 0.2) is 11.5 Å². The lowest BCUT2D eigenvalue weighted by molar-refractivity contribution is 0.178. The number of aryl methyl sites for hydroxylation is 1. The zero-order valence-electron chi connectivity index (χ0n) is 15.0. The van der Waals surface area contributed by atoms with Crippen molar-refractivity contribution in [1.29, 1.82) is 0 Å². The van der Waals surface area contributed by atoms with Crippen LogP contribution in [0.4, 0.5) is 5.82 Å². The summed E-state index contributed by atoms with van der Waals surface area (Å²) in [6.07, 6.45) is 3.62. The van der Waals surface area contributed by atoms with Gasteiger partial charge in [-0.1, -0.05) is 18.2 Å². The molecule has 0 aliphatic rings. The summed E-state index contributed by atoms with van der Waals surface area (Å²) in [5.74, 6) is 1.49. The number of hydrogen-bond donors (Lipinski definition) is 0. The van der Waals surface area contributed by atoms with Crippen LogP contribution in [-0.2, 0) is 24.9 Å². The average Bonchev–Trinajstić information content (AvgIpc) is 3.03. The number of nitrogens with zero attached hydrogens (tertiary/aromatic N) is 6. The first-order valence-corrected chi connectivity index (χ1v) is 8.38. The average molecular weight is 348 g/mol. The highest BCUT2D eigenvalue weighted by Gasteiger charge is 2.16. The molecule has 0 saturated heterocycles. The fourth-order valence-electron chi connectivity index (χ4n) is 3.17. The monoisotopic (exact) mass is 348 g/mol. The summed E-state index contributed by atoms with van der Waals surface area (Å²) in [5, 5.41) is 6.41. The van der Waals surface area contributed by atoms with E-state index in [1.165, 1.54) is 5.56 Å². The fraction of sp³-hybridized carbons (Fsp3) is 0.263. The van der Waals surface area contributed by atoms with Crippen molar-refractivity contribution >= 4 is 27.8 Å². The lowest BCUT2D eigenvalue weighted by Crippen LogP contribution is -2.19. The minimum atomic E-state index is 0.361. The number of methoxy groups -OCH3 is 1. The second kappa shape index (κ2) is 6.68. The van der Waals surface area contributed by atoms with Crippen LogP contribution in [0.2, 0.25) is 0 Å². The van der Waals surface area contributed by atoms with E-state index in [0.717, 1.165) is 27.8 Å². The maximum Gasteiger partial charge on any atom is 0.163 e. The molecule has 4 aromatic rings. The van der Waals surface area contributed by atoms with Crippen LogP contribution in [0.1, 0.15) is 11.4 Å². The van der Waals surface area contributed by atoms with Gasteiger partial charge < -0.3 is 9.64 Å². The summed E-state index contributed by atoms with van der Waals surface area (Å²) in [5.41, 5.74) is 2.99. The number of ether oxygens (including phenoxy) is 1. The van der Waals surface area contributed by atoms with Gasteiger partial charge in [-0.25, -0.2) is 9.97 Å². The Morgan fingerprint density at radius 1 is 1.12 bits per heavy atom. The Balaban J connectivity index is 1.77. The predicted octanol–water partition coefficient (Wildman–Crippen LogP) is 2.69. The Bertz CT molecular complexity index is 1070. The van der Waals surface area contributed by atoms with E-state index >= 15 is 0 Å². The van der Waals surface area contributed by atoms with Crippen molar-refractivity contribution in [1.82, 2.24) is 24.7 Å². The third-order valence-electron chi connectivity index (χ3n) is 4.40. The first-order chi connectivity index (χ1) is 12.7. The molecule has 0 bridgehead atoms. The van der Waals surface area contributed by atoms with Crippen LogP contribution in [0.15, 0.2) is 42.7 Å². The van der Waals surface area contributed by atoms with Crippen molar-refractivity contribution in [3.05, 3.63) is 54.1 Å². The SMILES string of the molecule is COCc1nc(N(C)Cc2cccc3ncccc23)c2cnn(C)c2n1. The first kappa shape index (κ1) is 16.4.